The minimum absolute atomic E-state index is 0.00592. The summed E-state index contributed by atoms with van der Waals surface area (Å²) in [4.78, 5) is 16.8. The molecule has 2 aliphatic heterocycles. The fourth-order valence-corrected chi connectivity index (χ4v) is 4.99. The molecule has 1 fully saturated rings. The van der Waals surface area contributed by atoms with Gasteiger partial charge in [-0.3, -0.25) is 19.7 Å². The number of fused-ring (bicyclic) bond motifs is 2. The summed E-state index contributed by atoms with van der Waals surface area (Å²) in [7, 11) is 0. The lowest BCUT2D eigenvalue weighted by molar-refractivity contribution is -0.0800. The summed E-state index contributed by atoms with van der Waals surface area (Å²) >= 11 is 0. The normalized spacial score (nSPS) is 18.2. The summed E-state index contributed by atoms with van der Waals surface area (Å²) in [5.74, 6) is -1.87. The Labute approximate surface area is 215 Å². The van der Waals surface area contributed by atoms with Gasteiger partial charge in [0.15, 0.2) is 11.6 Å². The lowest BCUT2D eigenvalue weighted by Crippen LogP contribution is -2.42. The van der Waals surface area contributed by atoms with Crippen LogP contribution < -0.4 is 5.48 Å². The van der Waals surface area contributed by atoms with Crippen molar-refractivity contribution in [1.82, 2.24) is 20.3 Å². The van der Waals surface area contributed by atoms with Crippen LogP contribution in [0.2, 0.25) is 0 Å². The highest BCUT2D eigenvalue weighted by Gasteiger charge is 2.42. The summed E-state index contributed by atoms with van der Waals surface area (Å²) in [5, 5.41) is 9.95. The molecule has 1 spiro atoms. The molecule has 2 N–H and O–H groups in total. The van der Waals surface area contributed by atoms with Crippen LogP contribution in [0.5, 0.6) is 0 Å². The van der Waals surface area contributed by atoms with Gasteiger partial charge < -0.3 is 9.84 Å². The van der Waals surface area contributed by atoms with Crippen molar-refractivity contribution in [2.24, 2.45) is 0 Å². The number of nitrogens with zero attached hydrogens (tertiary/aromatic N) is 3. The summed E-state index contributed by atoms with van der Waals surface area (Å²) in [6.45, 7) is 6.44. The third-order valence-electron chi connectivity index (χ3n) is 7.02. The number of nitrogens with one attached hydrogen (secondary N) is 1. The number of pyridine rings is 2. The zero-order valence-electron chi connectivity index (χ0n) is 21.1. The largest absolute Gasteiger partial charge is 0.388 e. The Kier molecular flexibility index (Phi) is 7.33. The van der Waals surface area contributed by atoms with Gasteiger partial charge in [0.2, 0.25) is 0 Å². The van der Waals surface area contributed by atoms with Gasteiger partial charge in [0.05, 0.1) is 36.2 Å². The van der Waals surface area contributed by atoms with E-state index in [2.05, 4.69) is 20.3 Å². The van der Waals surface area contributed by atoms with E-state index in [9.17, 15) is 13.9 Å². The summed E-state index contributed by atoms with van der Waals surface area (Å²) in [5.41, 5.74) is 6.13. The number of piperidine rings is 1. The summed E-state index contributed by atoms with van der Waals surface area (Å²) < 4.78 is 33.7. The van der Waals surface area contributed by atoms with E-state index in [1.54, 1.807) is 20.0 Å². The van der Waals surface area contributed by atoms with Crippen LogP contribution >= 0.6 is 0 Å². The van der Waals surface area contributed by atoms with E-state index in [1.807, 2.05) is 30.6 Å². The molecule has 2 aromatic heterocycles. The predicted octanol–water partition coefficient (Wildman–Crippen LogP) is 4.16. The van der Waals surface area contributed by atoms with Gasteiger partial charge in [-0.25, -0.2) is 8.78 Å². The Hall–Kier alpha value is -2.82. The van der Waals surface area contributed by atoms with Gasteiger partial charge in [-0.1, -0.05) is 12.1 Å². The molecule has 1 unspecified atom stereocenters. The lowest BCUT2D eigenvalue weighted by atomic mass is 9.84. The average molecular weight is 511 g/mol. The van der Waals surface area contributed by atoms with Gasteiger partial charge in [0.25, 0.3) is 0 Å². The third-order valence-corrected chi connectivity index (χ3v) is 7.02. The third kappa shape index (κ3) is 5.86. The Morgan fingerprint density at radius 3 is 2.65 bits per heavy atom. The Morgan fingerprint density at radius 2 is 1.95 bits per heavy atom. The van der Waals surface area contributed by atoms with Crippen molar-refractivity contribution in [2.45, 2.75) is 57.1 Å². The van der Waals surface area contributed by atoms with E-state index < -0.39 is 23.3 Å². The molecule has 1 atom stereocenters. The van der Waals surface area contributed by atoms with E-state index >= 15 is 0 Å². The second-order valence-corrected chi connectivity index (χ2v) is 10.5. The standard InChI is InChI=1S/C28H32F2N4O3/c1-27(2,35)18-37-33-26(20-4-5-23(29)24(30)13-20)25-6-3-19(14-32-25)16-34-11-8-28(9-12-34)22-15-31-10-7-21(22)17-36-28/h3-7,10,13-15,26,33,35H,8-9,11-12,16-18H2,1-2H3. The number of aliphatic hydroxyl groups is 1. The smallest absolute Gasteiger partial charge is 0.159 e. The van der Waals surface area contributed by atoms with Crippen molar-refractivity contribution in [3.8, 4) is 0 Å². The number of likely N-dealkylation sites (tertiary alicyclic amines) is 1. The highest BCUT2D eigenvalue weighted by Crippen LogP contribution is 2.43. The predicted molar refractivity (Wildman–Crippen MR) is 133 cm³/mol. The van der Waals surface area contributed by atoms with Crippen molar-refractivity contribution >= 4 is 0 Å². The molecule has 0 amide bonds. The second-order valence-electron chi connectivity index (χ2n) is 10.5. The first-order valence-electron chi connectivity index (χ1n) is 12.5. The molecule has 1 saturated heterocycles. The number of hydrogen-bond donors (Lipinski definition) is 2. The molecule has 3 aromatic rings. The van der Waals surface area contributed by atoms with Gasteiger partial charge in [-0.05, 0) is 67.6 Å². The molecule has 0 radical (unpaired) electrons. The molecule has 4 heterocycles. The SMILES string of the molecule is CC(C)(O)CONC(c1ccc(F)c(F)c1)c1ccc(CN2CCC3(CC2)OCc2ccncc23)cn1. The lowest BCUT2D eigenvalue weighted by Gasteiger charge is -2.39. The van der Waals surface area contributed by atoms with Gasteiger partial charge in [0, 0.05) is 43.8 Å². The number of aromatic nitrogens is 2. The number of hydroxylamine groups is 1. The number of hydrogen-bond acceptors (Lipinski definition) is 7. The number of benzene rings is 1. The van der Waals surface area contributed by atoms with E-state index in [4.69, 9.17) is 9.57 Å². The molecule has 2 aliphatic rings. The summed E-state index contributed by atoms with van der Waals surface area (Å²) in [6.07, 6.45) is 7.40. The quantitative estimate of drug-likeness (QED) is 0.441. The summed E-state index contributed by atoms with van der Waals surface area (Å²) in [6, 6.07) is 8.93. The molecule has 0 aliphatic carbocycles. The fourth-order valence-electron chi connectivity index (χ4n) is 4.99. The first-order chi connectivity index (χ1) is 17.7. The maximum absolute atomic E-state index is 14.0. The van der Waals surface area contributed by atoms with E-state index in [1.165, 1.54) is 17.2 Å². The van der Waals surface area contributed by atoms with Crippen LogP contribution in [0.25, 0.3) is 0 Å². The Bertz CT molecular complexity index is 1220. The van der Waals surface area contributed by atoms with Crippen LogP contribution in [-0.2, 0) is 28.3 Å². The van der Waals surface area contributed by atoms with Crippen LogP contribution in [0.15, 0.2) is 55.0 Å². The van der Waals surface area contributed by atoms with Crippen LogP contribution in [0.3, 0.4) is 0 Å². The Morgan fingerprint density at radius 1 is 1.14 bits per heavy atom. The topological polar surface area (TPSA) is 79.7 Å². The van der Waals surface area contributed by atoms with Crippen molar-refractivity contribution < 1.29 is 23.5 Å². The van der Waals surface area contributed by atoms with Crippen LogP contribution in [-0.4, -0.2) is 45.3 Å². The van der Waals surface area contributed by atoms with Crippen molar-refractivity contribution in [2.75, 3.05) is 19.7 Å². The van der Waals surface area contributed by atoms with Gasteiger partial charge in [0.1, 0.15) is 0 Å². The van der Waals surface area contributed by atoms with Crippen molar-refractivity contribution in [3.63, 3.8) is 0 Å². The molecule has 0 bridgehead atoms. The van der Waals surface area contributed by atoms with Crippen LogP contribution in [0.1, 0.15) is 60.7 Å². The number of ether oxygens (including phenoxy) is 1. The molecule has 9 heteroatoms. The van der Waals surface area contributed by atoms with Gasteiger partial charge in [-0.2, -0.15) is 5.48 Å². The first kappa shape index (κ1) is 25.8. The van der Waals surface area contributed by atoms with Gasteiger partial charge in [-0.15, -0.1) is 0 Å². The van der Waals surface area contributed by atoms with E-state index in [0.29, 0.717) is 17.9 Å². The van der Waals surface area contributed by atoms with Crippen LogP contribution in [0, 0.1) is 11.6 Å². The highest BCUT2D eigenvalue weighted by molar-refractivity contribution is 5.33. The molecular weight excluding hydrogens is 478 g/mol. The molecule has 196 valence electrons. The molecule has 1 aromatic carbocycles. The maximum atomic E-state index is 14.0. The average Bonchev–Trinajstić information content (AvgIpc) is 3.23. The first-order valence-corrected chi connectivity index (χ1v) is 12.5. The van der Waals surface area contributed by atoms with Crippen molar-refractivity contribution in [1.29, 1.82) is 0 Å². The Balaban J connectivity index is 1.25. The minimum Gasteiger partial charge on any atom is -0.388 e. The fraction of sp³-hybridized carbons (Fsp3) is 0.429. The van der Waals surface area contributed by atoms with E-state index in [0.717, 1.165) is 50.2 Å². The number of halogens is 2. The minimum atomic E-state index is -1.06. The molecule has 0 saturated carbocycles. The van der Waals surface area contributed by atoms with E-state index in [-0.39, 0.29) is 12.2 Å². The van der Waals surface area contributed by atoms with Gasteiger partial charge >= 0.3 is 0 Å². The maximum Gasteiger partial charge on any atom is 0.159 e. The zero-order chi connectivity index (χ0) is 26.0. The van der Waals surface area contributed by atoms with Crippen molar-refractivity contribution in [3.05, 3.63) is 94.6 Å². The zero-order valence-corrected chi connectivity index (χ0v) is 21.1. The molecular formula is C28H32F2N4O3. The molecule has 37 heavy (non-hydrogen) atoms. The van der Waals surface area contributed by atoms with Crippen LogP contribution in [0.4, 0.5) is 8.78 Å². The number of rotatable bonds is 8. The monoisotopic (exact) mass is 510 g/mol. The molecule has 7 nitrogen and oxygen atoms in total. The highest BCUT2D eigenvalue weighted by atomic mass is 19.2. The molecule has 5 rings (SSSR count). The second kappa shape index (κ2) is 10.5.